The zero-order valence-corrected chi connectivity index (χ0v) is 36.4. The van der Waals surface area contributed by atoms with Crippen LogP contribution in [-0.4, -0.2) is 142 Å². The van der Waals surface area contributed by atoms with Gasteiger partial charge in [-0.25, -0.2) is 16.8 Å². The number of nitrogens with zero attached hydrogens (tertiary/aromatic N) is 2. The van der Waals surface area contributed by atoms with Crippen molar-refractivity contribution >= 4 is 49.1 Å². The summed E-state index contributed by atoms with van der Waals surface area (Å²) in [5, 5.41) is 54.7. The van der Waals surface area contributed by atoms with Crippen LogP contribution in [-0.2, 0) is 31.1 Å². The molecule has 2 aromatic rings. The van der Waals surface area contributed by atoms with Gasteiger partial charge in [-0.3, -0.25) is 9.59 Å². The minimum Gasteiger partial charge on any atom is -0.748 e. The molecule has 0 aromatic heterocycles. The number of carbonyl (C=O) groups is 2. The highest BCUT2D eigenvalue weighted by Gasteiger charge is 2.45. The largest absolute Gasteiger partial charge is 0.748 e. The van der Waals surface area contributed by atoms with Gasteiger partial charge in [-0.15, -0.1) is 0 Å². The van der Waals surface area contributed by atoms with Crippen molar-refractivity contribution in [3.8, 4) is 0 Å². The van der Waals surface area contributed by atoms with Crippen molar-refractivity contribution in [1.29, 1.82) is 0 Å². The van der Waals surface area contributed by atoms with Crippen LogP contribution < -0.4 is 15.5 Å². The lowest BCUT2D eigenvalue weighted by molar-refractivity contribution is -0.438. The molecule has 2 amide bonds. The van der Waals surface area contributed by atoms with Crippen LogP contribution in [0.25, 0.3) is 0 Å². The van der Waals surface area contributed by atoms with E-state index in [2.05, 4.69) is 15.5 Å². The molecular weight excluding hydrogens is 833 g/mol. The quantitative estimate of drug-likeness (QED) is 0.0524. The lowest BCUT2D eigenvalue weighted by Crippen LogP contribution is -2.49. The molecule has 2 heterocycles. The number of benzene rings is 2. The molecule has 17 nitrogen and oxygen atoms in total. The molecule has 1 fully saturated rings. The summed E-state index contributed by atoms with van der Waals surface area (Å²) in [4.78, 5) is 28.4. The first-order valence-corrected chi connectivity index (χ1v) is 23.5. The van der Waals surface area contributed by atoms with Gasteiger partial charge in [0.2, 0.25) is 5.69 Å². The number of fused-ring (bicyclic) bond motifs is 2. The van der Waals surface area contributed by atoms with Crippen LogP contribution in [0.15, 0.2) is 60.3 Å². The van der Waals surface area contributed by atoms with E-state index in [9.17, 15) is 56.0 Å². The number of hydrogen-bond acceptors (Lipinski definition) is 14. The van der Waals surface area contributed by atoms with E-state index in [1.54, 1.807) is 24.3 Å². The summed E-state index contributed by atoms with van der Waals surface area (Å²) in [7, 11) is -8.83. The monoisotopic (exact) mass is 889 g/mol. The fraction of sp³-hybridized carbons (Fsp3) is 0.548. The number of carbonyl (C=O) groups excluding carboxylic acids is 2. The first-order valence-electron chi connectivity index (χ1n) is 20.4. The van der Waals surface area contributed by atoms with Crippen LogP contribution in [0, 0.1) is 0 Å². The molecule has 5 rings (SSSR count). The van der Waals surface area contributed by atoms with Crippen molar-refractivity contribution < 1.29 is 65.6 Å². The van der Waals surface area contributed by atoms with Crippen LogP contribution in [0.5, 0.6) is 0 Å². The summed E-state index contributed by atoms with van der Waals surface area (Å²) in [6.07, 6.45) is 1.54. The fourth-order valence-electron chi connectivity index (χ4n) is 7.92. The molecular formula is C42H57N4O13S2-. The van der Waals surface area contributed by atoms with Gasteiger partial charge in [-0.05, 0) is 87.9 Å². The summed E-state index contributed by atoms with van der Waals surface area (Å²) in [5.41, 5.74) is 4.24. The second-order valence-electron chi connectivity index (χ2n) is 17.0. The second kappa shape index (κ2) is 19.1. The fourth-order valence-corrected chi connectivity index (χ4v) is 9.04. The Hall–Kier alpha value is -4.05. The average Bonchev–Trinajstić information content (AvgIpc) is 3.95. The number of nitrogens with one attached hydrogen (secondary N) is 2. The zero-order chi connectivity index (χ0) is 45.1. The van der Waals surface area contributed by atoms with Crippen LogP contribution in [0.1, 0.15) is 98.1 Å². The smallest absolute Gasteiger partial charge is 0.251 e. The zero-order valence-electron chi connectivity index (χ0n) is 34.8. The Morgan fingerprint density at radius 2 is 1.43 bits per heavy atom. The molecule has 0 spiro atoms. The number of allylic oxidation sites excluding steroid dienone is 4. The van der Waals surface area contributed by atoms with E-state index in [0.717, 1.165) is 46.8 Å². The number of hydrogen-bond donors (Lipinski definition) is 7. The molecule has 1 aliphatic carbocycles. The predicted octanol–water partition coefficient (Wildman–Crippen LogP) is 1.01. The van der Waals surface area contributed by atoms with Gasteiger partial charge in [0, 0.05) is 82.7 Å². The molecule has 336 valence electrons. The highest BCUT2D eigenvalue weighted by Crippen LogP contribution is 2.48. The summed E-state index contributed by atoms with van der Waals surface area (Å²) in [6, 6.07) is 10.7. The van der Waals surface area contributed by atoms with Gasteiger partial charge < -0.3 is 50.2 Å². The maximum atomic E-state index is 13.3. The number of aliphatic hydroxyl groups excluding tert-OH is 5. The number of anilines is 1. The molecule has 4 unspecified atom stereocenters. The molecule has 0 saturated heterocycles. The van der Waals surface area contributed by atoms with E-state index in [1.807, 2.05) is 62.6 Å². The standard InChI is InChI=1S/C42H58N4O13S2/c1-41(2)29-22-26(39(52)43-24-33(48)37(50)38(51)34(49)25-47)12-16-31(29)45(18-5-7-20-60(54,55)56)35(41)10-9-11-36-42(3,4)30-23-27(40(53)44-28-14-15-28)13-17-32(30)46(36)19-6-8-21-61(57,58)59/h9-13,16-17,22-23,28,33-34,37-38,47-51H,5-8,14-15,18-21,24-25H2,1-4H3,(H3-,43,44,52,53,54,55,56,57,58,59)/p-1. The maximum absolute atomic E-state index is 13.3. The van der Waals surface area contributed by atoms with Gasteiger partial charge in [0.25, 0.3) is 11.8 Å². The topological polar surface area (TPSA) is 280 Å². The summed E-state index contributed by atoms with van der Waals surface area (Å²) in [5.74, 6) is -1.78. The summed E-state index contributed by atoms with van der Waals surface area (Å²) >= 11 is 0. The summed E-state index contributed by atoms with van der Waals surface area (Å²) in [6.45, 7) is 7.36. The minimum atomic E-state index is -4.43. The van der Waals surface area contributed by atoms with Gasteiger partial charge in [0.15, 0.2) is 5.71 Å². The Labute approximate surface area is 357 Å². The van der Waals surface area contributed by atoms with Crippen LogP contribution in [0.2, 0.25) is 0 Å². The molecule has 7 N–H and O–H groups in total. The molecule has 2 aliphatic heterocycles. The number of unbranched alkanes of at least 4 members (excludes halogenated alkanes) is 2. The van der Waals surface area contributed by atoms with Crippen molar-refractivity contribution in [1.82, 2.24) is 10.6 Å². The van der Waals surface area contributed by atoms with Gasteiger partial charge in [-0.2, -0.15) is 4.58 Å². The highest BCUT2D eigenvalue weighted by molar-refractivity contribution is 7.85. The van der Waals surface area contributed by atoms with Gasteiger partial charge in [0.05, 0.1) is 38.4 Å². The Morgan fingerprint density at radius 1 is 0.836 bits per heavy atom. The van der Waals surface area contributed by atoms with Crippen molar-refractivity contribution in [3.63, 3.8) is 0 Å². The van der Waals surface area contributed by atoms with E-state index in [1.165, 1.54) is 0 Å². The van der Waals surface area contributed by atoms with Crippen molar-refractivity contribution in [3.05, 3.63) is 82.6 Å². The Bertz CT molecular complexity index is 2290. The SMILES string of the molecule is CC1(C)C(/C=C/C=C2/N(CCCCS(=O)(=O)[O-])c3ccc(C(=O)NC4CC4)cc3C2(C)C)=[N+](CCCCS(=O)(=O)[O-])c2ccc(C(=O)NCC(O)C(O)C(O)C(O)CO)cc21. The van der Waals surface area contributed by atoms with Crippen LogP contribution >= 0.6 is 0 Å². The Balaban J connectivity index is 1.46. The molecule has 3 aliphatic rings. The molecule has 1 saturated carbocycles. The van der Waals surface area contributed by atoms with E-state index in [0.29, 0.717) is 31.5 Å². The van der Waals surface area contributed by atoms with E-state index in [4.69, 9.17) is 5.11 Å². The van der Waals surface area contributed by atoms with Crippen molar-refractivity contribution in [2.24, 2.45) is 0 Å². The number of rotatable bonds is 21. The molecule has 61 heavy (non-hydrogen) atoms. The Morgan fingerprint density at radius 3 is 2.05 bits per heavy atom. The van der Waals surface area contributed by atoms with Crippen molar-refractivity contribution in [2.75, 3.05) is 42.6 Å². The third kappa shape index (κ3) is 11.7. The van der Waals surface area contributed by atoms with E-state index in [-0.39, 0.29) is 30.4 Å². The number of aliphatic hydroxyl groups is 5. The van der Waals surface area contributed by atoms with E-state index < -0.39 is 86.0 Å². The minimum absolute atomic E-state index is 0.119. The molecule has 4 atom stereocenters. The van der Waals surface area contributed by atoms with Gasteiger partial charge in [-0.1, -0.05) is 19.9 Å². The van der Waals surface area contributed by atoms with E-state index >= 15 is 0 Å². The lowest BCUT2D eigenvalue weighted by atomic mass is 9.80. The van der Waals surface area contributed by atoms with Crippen molar-refractivity contribution in [2.45, 2.75) is 108 Å². The Kier molecular flexibility index (Phi) is 15.1. The molecule has 19 heteroatoms. The first-order chi connectivity index (χ1) is 28.5. The lowest BCUT2D eigenvalue weighted by Gasteiger charge is -2.27. The average molecular weight is 890 g/mol. The number of amides is 2. The van der Waals surface area contributed by atoms with Gasteiger partial charge in [0.1, 0.15) is 24.9 Å². The first kappa shape index (κ1) is 48.0. The summed E-state index contributed by atoms with van der Waals surface area (Å²) < 4.78 is 70.3. The third-order valence-corrected chi connectivity index (χ3v) is 13.2. The maximum Gasteiger partial charge on any atom is 0.251 e. The van der Waals surface area contributed by atoms with Crippen LogP contribution in [0.3, 0.4) is 0 Å². The third-order valence-electron chi connectivity index (χ3n) is 11.6. The molecule has 0 bridgehead atoms. The predicted molar refractivity (Wildman–Crippen MR) is 225 cm³/mol. The second-order valence-corrected chi connectivity index (χ2v) is 20.1. The van der Waals surface area contributed by atoms with Crippen LogP contribution in [0.4, 0.5) is 11.4 Å². The molecule has 0 radical (unpaired) electrons. The van der Waals surface area contributed by atoms with Gasteiger partial charge >= 0.3 is 0 Å². The highest BCUT2D eigenvalue weighted by atomic mass is 32.2. The normalized spacial score (nSPS) is 19.8. The molecule has 2 aromatic carbocycles.